The summed E-state index contributed by atoms with van der Waals surface area (Å²) >= 11 is 5.98. The number of hydrogen-bond acceptors (Lipinski definition) is 3. The second kappa shape index (κ2) is 7.53. The number of hydrogen-bond donors (Lipinski definition) is 1. The van der Waals surface area contributed by atoms with Gasteiger partial charge in [-0.2, -0.15) is 0 Å². The Morgan fingerprint density at radius 1 is 1.39 bits per heavy atom. The number of nitrogens with zero attached hydrogens (tertiary/aromatic N) is 1. The van der Waals surface area contributed by atoms with Gasteiger partial charge in [-0.1, -0.05) is 37.4 Å². The molecule has 0 heterocycles. The van der Waals surface area contributed by atoms with Crippen molar-refractivity contribution >= 4 is 33.2 Å². The summed E-state index contributed by atoms with van der Waals surface area (Å²) in [7, 11) is -3.61. The van der Waals surface area contributed by atoms with E-state index in [1.165, 1.54) is 4.31 Å². The Labute approximate surface area is 143 Å². The van der Waals surface area contributed by atoms with Crippen LogP contribution in [0.5, 0.6) is 0 Å². The molecule has 128 valence electrons. The molecule has 7 heteroatoms. The van der Waals surface area contributed by atoms with Gasteiger partial charge in [0.25, 0.3) is 0 Å². The van der Waals surface area contributed by atoms with E-state index in [4.69, 9.17) is 11.6 Å². The molecule has 2 rings (SSSR count). The minimum Gasteiger partial charge on any atom is -0.352 e. The van der Waals surface area contributed by atoms with Crippen LogP contribution in [0.3, 0.4) is 0 Å². The van der Waals surface area contributed by atoms with Crippen LogP contribution in [0.1, 0.15) is 39.0 Å². The van der Waals surface area contributed by atoms with E-state index in [9.17, 15) is 13.2 Å². The summed E-state index contributed by atoms with van der Waals surface area (Å²) in [5, 5.41) is 3.42. The van der Waals surface area contributed by atoms with E-state index >= 15 is 0 Å². The zero-order valence-electron chi connectivity index (χ0n) is 13.5. The Hall–Kier alpha value is -1.27. The summed E-state index contributed by atoms with van der Waals surface area (Å²) in [4.78, 5) is 12.6. The summed E-state index contributed by atoms with van der Waals surface area (Å²) in [6, 6.07) is 5.94. The van der Waals surface area contributed by atoms with Gasteiger partial charge in [0.05, 0.1) is 11.9 Å². The van der Waals surface area contributed by atoms with Crippen LogP contribution in [0.4, 0.5) is 5.69 Å². The van der Waals surface area contributed by atoms with Gasteiger partial charge in [0.2, 0.25) is 15.9 Å². The highest BCUT2D eigenvalue weighted by Crippen LogP contribution is 2.26. The molecule has 1 saturated carbocycles. The monoisotopic (exact) mass is 358 g/mol. The fourth-order valence-electron chi connectivity index (χ4n) is 3.04. The topological polar surface area (TPSA) is 66.5 Å². The summed E-state index contributed by atoms with van der Waals surface area (Å²) in [5.74, 6) is -0.246. The maximum absolute atomic E-state index is 12.6. The van der Waals surface area contributed by atoms with Crippen LogP contribution >= 0.6 is 11.6 Å². The summed E-state index contributed by atoms with van der Waals surface area (Å²) in [6.07, 6.45) is 5.62. The van der Waals surface area contributed by atoms with E-state index in [-0.39, 0.29) is 11.9 Å². The molecule has 0 aromatic heterocycles. The standard InChI is InChI=1S/C16H23ClN2O3S/c1-3-15(16(20)18-13-8-4-5-9-13)19(23(2,21)22)14-10-6-7-12(17)11-14/h6-7,10-11,13,15H,3-5,8-9H2,1-2H3,(H,18,20). The van der Waals surface area contributed by atoms with Crippen LogP contribution in [-0.4, -0.2) is 32.7 Å². The van der Waals surface area contributed by atoms with Crippen molar-refractivity contribution in [3.05, 3.63) is 29.3 Å². The van der Waals surface area contributed by atoms with E-state index < -0.39 is 16.1 Å². The van der Waals surface area contributed by atoms with E-state index in [1.807, 2.05) is 6.92 Å². The Kier molecular flexibility index (Phi) is 5.92. The number of nitrogens with one attached hydrogen (secondary N) is 1. The number of benzene rings is 1. The molecule has 1 aliphatic rings. The number of carbonyl (C=O) groups is 1. The number of amides is 1. The van der Waals surface area contributed by atoms with Gasteiger partial charge in [-0.3, -0.25) is 9.10 Å². The van der Waals surface area contributed by atoms with Crippen LogP contribution in [0.15, 0.2) is 24.3 Å². The van der Waals surface area contributed by atoms with Crippen LogP contribution in [0, 0.1) is 0 Å². The Balaban J connectivity index is 2.30. The molecule has 0 aliphatic heterocycles. The highest BCUT2D eigenvalue weighted by molar-refractivity contribution is 7.92. The summed E-state index contributed by atoms with van der Waals surface area (Å²) in [6.45, 7) is 1.81. The molecule has 0 bridgehead atoms. The molecule has 23 heavy (non-hydrogen) atoms. The van der Waals surface area contributed by atoms with Gasteiger partial charge in [0.1, 0.15) is 6.04 Å². The molecular formula is C16H23ClN2O3S. The van der Waals surface area contributed by atoms with E-state index in [1.54, 1.807) is 24.3 Å². The molecule has 1 aromatic rings. The summed E-state index contributed by atoms with van der Waals surface area (Å²) < 4.78 is 25.7. The van der Waals surface area contributed by atoms with Gasteiger partial charge in [-0.05, 0) is 37.5 Å². The third-order valence-electron chi connectivity index (χ3n) is 4.09. The van der Waals surface area contributed by atoms with Crippen molar-refractivity contribution in [1.29, 1.82) is 0 Å². The smallest absolute Gasteiger partial charge is 0.244 e. The summed E-state index contributed by atoms with van der Waals surface area (Å²) in [5.41, 5.74) is 0.411. The Bertz CT molecular complexity index is 657. The molecule has 1 amide bonds. The van der Waals surface area contributed by atoms with Crippen molar-refractivity contribution < 1.29 is 13.2 Å². The van der Waals surface area contributed by atoms with E-state index in [2.05, 4.69) is 5.32 Å². The molecule has 0 saturated heterocycles. The fourth-order valence-corrected chi connectivity index (χ4v) is 4.43. The fraction of sp³-hybridized carbons (Fsp3) is 0.562. The van der Waals surface area contributed by atoms with Gasteiger partial charge >= 0.3 is 0 Å². The van der Waals surface area contributed by atoms with Gasteiger partial charge < -0.3 is 5.32 Å². The third kappa shape index (κ3) is 4.61. The average Bonchev–Trinajstić information content (AvgIpc) is 2.95. The largest absolute Gasteiger partial charge is 0.352 e. The average molecular weight is 359 g/mol. The second-order valence-corrected chi connectivity index (χ2v) is 8.25. The number of sulfonamides is 1. The minimum absolute atomic E-state index is 0.150. The SMILES string of the molecule is CCC(C(=O)NC1CCCC1)N(c1cccc(Cl)c1)S(C)(=O)=O. The zero-order chi connectivity index (χ0) is 17.0. The molecule has 1 fully saturated rings. The first-order chi connectivity index (χ1) is 10.8. The van der Waals surface area contributed by atoms with Crippen molar-refractivity contribution in [1.82, 2.24) is 5.32 Å². The van der Waals surface area contributed by atoms with Crippen molar-refractivity contribution in [2.24, 2.45) is 0 Å². The maximum atomic E-state index is 12.6. The number of anilines is 1. The number of rotatable bonds is 6. The predicted molar refractivity (Wildman–Crippen MR) is 93.3 cm³/mol. The molecular weight excluding hydrogens is 336 g/mol. The molecule has 1 unspecified atom stereocenters. The number of halogens is 1. The Morgan fingerprint density at radius 2 is 2.04 bits per heavy atom. The van der Waals surface area contributed by atoms with Crippen LogP contribution < -0.4 is 9.62 Å². The van der Waals surface area contributed by atoms with Crippen molar-refractivity contribution in [3.63, 3.8) is 0 Å². The van der Waals surface area contributed by atoms with Gasteiger partial charge in [-0.15, -0.1) is 0 Å². The minimum atomic E-state index is -3.61. The lowest BCUT2D eigenvalue weighted by Crippen LogP contribution is -2.51. The first kappa shape index (κ1) is 18.1. The Morgan fingerprint density at radius 3 is 2.57 bits per heavy atom. The molecule has 1 N–H and O–H groups in total. The quantitative estimate of drug-likeness (QED) is 0.850. The first-order valence-corrected chi connectivity index (χ1v) is 10.1. The lowest BCUT2D eigenvalue weighted by atomic mass is 10.1. The zero-order valence-corrected chi connectivity index (χ0v) is 15.0. The second-order valence-electron chi connectivity index (χ2n) is 5.95. The molecule has 0 spiro atoms. The first-order valence-electron chi connectivity index (χ1n) is 7.88. The van der Waals surface area contributed by atoms with Crippen LogP contribution in [0.2, 0.25) is 5.02 Å². The molecule has 1 aromatic carbocycles. The van der Waals surface area contributed by atoms with Gasteiger partial charge in [0, 0.05) is 11.1 Å². The van der Waals surface area contributed by atoms with Crippen molar-refractivity contribution in [2.45, 2.75) is 51.1 Å². The van der Waals surface area contributed by atoms with Crippen LogP contribution in [-0.2, 0) is 14.8 Å². The van der Waals surface area contributed by atoms with Gasteiger partial charge in [-0.25, -0.2) is 8.42 Å². The lowest BCUT2D eigenvalue weighted by Gasteiger charge is -2.31. The molecule has 1 aliphatic carbocycles. The van der Waals surface area contributed by atoms with Crippen LogP contribution in [0.25, 0.3) is 0 Å². The number of carbonyl (C=O) groups excluding carboxylic acids is 1. The third-order valence-corrected chi connectivity index (χ3v) is 5.51. The molecule has 5 nitrogen and oxygen atoms in total. The lowest BCUT2D eigenvalue weighted by molar-refractivity contribution is -0.122. The van der Waals surface area contributed by atoms with E-state index in [0.29, 0.717) is 17.1 Å². The van der Waals surface area contributed by atoms with Crippen molar-refractivity contribution in [2.75, 3.05) is 10.6 Å². The van der Waals surface area contributed by atoms with Crippen molar-refractivity contribution in [3.8, 4) is 0 Å². The predicted octanol–water partition coefficient (Wildman–Crippen LogP) is 2.94. The normalized spacial score (nSPS) is 17.0. The molecule has 1 atom stereocenters. The highest BCUT2D eigenvalue weighted by Gasteiger charge is 2.32. The maximum Gasteiger partial charge on any atom is 0.244 e. The highest BCUT2D eigenvalue weighted by atomic mass is 35.5. The van der Waals surface area contributed by atoms with Gasteiger partial charge in [0.15, 0.2) is 0 Å². The van der Waals surface area contributed by atoms with E-state index in [0.717, 1.165) is 31.9 Å². The molecule has 0 radical (unpaired) electrons.